The highest BCUT2D eigenvalue weighted by Crippen LogP contribution is 2.41. The van der Waals surface area contributed by atoms with Crippen LogP contribution in [0, 0.1) is 17.8 Å². The molecule has 0 aliphatic carbocycles. The zero-order valence-electron chi connectivity index (χ0n) is 51.1. The van der Waals surface area contributed by atoms with Gasteiger partial charge in [-0.2, -0.15) is 0 Å². The number of cyclic esters (lactones) is 1. The number of hydrogen-bond acceptors (Lipinski definition) is 20. The molecule has 0 spiro atoms. The molecule has 0 bridgehead atoms. The lowest BCUT2D eigenvalue weighted by atomic mass is 9.77. The minimum atomic E-state index is -1.86. The van der Waals surface area contributed by atoms with E-state index in [1.165, 1.54) is 20.0 Å². The molecule has 3 aliphatic rings. The predicted molar refractivity (Wildman–Crippen MR) is 301 cm³/mol. The number of pyridine rings is 1. The van der Waals surface area contributed by atoms with Gasteiger partial charge in [-0.05, 0) is 132 Å². The smallest absolute Gasteiger partial charge is 0.343 e. The summed E-state index contributed by atoms with van der Waals surface area (Å²) in [5.74, 6) is -4.02. The molecule has 0 radical (unpaired) electrons. The molecule has 0 saturated carbocycles. The van der Waals surface area contributed by atoms with Crippen molar-refractivity contribution in [2.45, 2.75) is 212 Å². The molecule has 21 heteroatoms. The van der Waals surface area contributed by atoms with Crippen molar-refractivity contribution in [3.05, 3.63) is 45.7 Å². The Labute approximate surface area is 474 Å². The van der Waals surface area contributed by atoms with Crippen molar-refractivity contribution in [1.82, 2.24) is 14.5 Å². The topological polar surface area (TPSA) is 236 Å². The van der Waals surface area contributed by atoms with Gasteiger partial charge in [0.05, 0.1) is 72.9 Å². The summed E-state index contributed by atoms with van der Waals surface area (Å²) in [5, 5.41) is 38.9. The number of carbonyl (C=O) groups is 3. The molecular formula is C59H98N4O17. The molecule has 3 fully saturated rings. The van der Waals surface area contributed by atoms with Crippen LogP contribution in [0.25, 0.3) is 10.9 Å². The first-order valence-electron chi connectivity index (χ1n) is 28.7. The average Bonchev–Trinajstić information content (AvgIpc) is 3.38. The Balaban J connectivity index is 1.37. The molecule has 80 heavy (non-hydrogen) atoms. The Kier molecular flexibility index (Phi) is 24.0. The van der Waals surface area contributed by atoms with Crippen molar-refractivity contribution in [2.24, 2.45) is 17.8 Å². The molecule has 456 valence electrons. The van der Waals surface area contributed by atoms with E-state index in [1.807, 2.05) is 97.9 Å². The van der Waals surface area contributed by atoms with Crippen molar-refractivity contribution in [3.63, 3.8) is 0 Å². The number of methoxy groups -OCH3 is 1. The maximum Gasteiger partial charge on any atom is 0.343 e. The van der Waals surface area contributed by atoms with E-state index in [0.29, 0.717) is 43.3 Å². The van der Waals surface area contributed by atoms with Gasteiger partial charge in [-0.3, -0.25) is 19.1 Å². The van der Waals surface area contributed by atoms with E-state index in [0.717, 1.165) is 5.56 Å². The second-order valence-electron chi connectivity index (χ2n) is 23.9. The Morgan fingerprint density at radius 2 is 1.59 bits per heavy atom. The van der Waals surface area contributed by atoms with Crippen LogP contribution in [0.4, 0.5) is 0 Å². The Bertz CT molecular complexity index is 2400. The highest BCUT2D eigenvalue weighted by molar-refractivity contribution is 5.94. The summed E-state index contributed by atoms with van der Waals surface area (Å²) < 4.78 is 64.9. The van der Waals surface area contributed by atoms with Gasteiger partial charge in [0.1, 0.15) is 29.5 Å². The van der Waals surface area contributed by atoms with Crippen LogP contribution in [0.3, 0.4) is 0 Å². The van der Waals surface area contributed by atoms with Gasteiger partial charge < -0.3 is 77.5 Å². The number of fused-ring (bicyclic) bond motifs is 1. The van der Waals surface area contributed by atoms with E-state index in [1.54, 1.807) is 51.4 Å². The Morgan fingerprint density at radius 1 is 0.900 bits per heavy atom. The van der Waals surface area contributed by atoms with Gasteiger partial charge in [0.15, 0.2) is 18.7 Å². The number of aliphatic hydroxyl groups is 3. The number of aromatic nitrogens is 1. The fourth-order valence-corrected chi connectivity index (χ4v) is 12.3. The number of carbonyl (C=O) groups excluding carboxylic acids is 3. The van der Waals surface area contributed by atoms with E-state index >= 15 is 0 Å². The van der Waals surface area contributed by atoms with Crippen LogP contribution in [-0.2, 0) is 63.4 Å². The Hall–Kier alpha value is -3.84. The second kappa shape index (κ2) is 28.6. The van der Waals surface area contributed by atoms with Crippen molar-refractivity contribution in [2.75, 3.05) is 80.3 Å². The number of rotatable bonds is 19. The van der Waals surface area contributed by atoms with Crippen LogP contribution in [-0.4, -0.2) is 213 Å². The van der Waals surface area contributed by atoms with Crippen molar-refractivity contribution in [3.8, 4) is 0 Å². The summed E-state index contributed by atoms with van der Waals surface area (Å²) in [6.45, 7) is 22.4. The summed E-state index contributed by atoms with van der Waals surface area (Å²) in [4.78, 5) is 57.4. The lowest BCUT2D eigenvalue weighted by Crippen LogP contribution is -2.61. The van der Waals surface area contributed by atoms with E-state index in [9.17, 15) is 34.5 Å². The van der Waals surface area contributed by atoms with Crippen LogP contribution in [0.1, 0.15) is 131 Å². The molecule has 3 aliphatic heterocycles. The SMILES string of the molecule is CCOC(=O)c1cn(N(C)C)c2ccc(CCCOCCO[C@H]3[C@H](C)O[C@@H](O[C@H]4[C@H](C)[C@@H](O[C@@H]5O[C@H](C)C[C@H](N(C)C)[C@H]5OC(C)=O)[C@](C)(O)C[C@@H](C)CN(C)[C@H](C)[C@@H](O)[C@](C)(O)[C@@H](CC)OC(=O)[C@@H]4C)C[C@@]3(C)OC)cc2c1=O. The zero-order chi connectivity index (χ0) is 59.8. The van der Waals surface area contributed by atoms with Gasteiger partial charge in [0.2, 0.25) is 5.43 Å². The van der Waals surface area contributed by atoms with E-state index in [2.05, 4.69) is 0 Å². The summed E-state index contributed by atoms with van der Waals surface area (Å²) in [6, 6.07) is 4.77. The number of aliphatic hydroxyl groups excluding tert-OH is 1. The fraction of sp³-hybridized carbons (Fsp3) is 0.797. The number of esters is 3. The molecule has 4 heterocycles. The van der Waals surface area contributed by atoms with Crippen molar-refractivity contribution >= 4 is 28.8 Å². The van der Waals surface area contributed by atoms with Crippen LogP contribution in [0.2, 0.25) is 0 Å². The van der Waals surface area contributed by atoms with Crippen LogP contribution in [0.5, 0.6) is 0 Å². The largest absolute Gasteiger partial charge is 0.462 e. The number of benzene rings is 1. The molecule has 3 N–H and O–H groups in total. The Morgan fingerprint density at radius 3 is 2.20 bits per heavy atom. The minimum absolute atomic E-state index is 0.0321. The van der Waals surface area contributed by atoms with E-state index in [4.69, 9.17) is 47.4 Å². The molecule has 2 aromatic rings. The summed E-state index contributed by atoms with van der Waals surface area (Å²) in [5.41, 5.74) is -3.31. The number of aryl methyl sites for hydroxylation is 1. The number of ether oxygens (including phenoxy) is 10. The first-order valence-corrected chi connectivity index (χ1v) is 28.7. The highest BCUT2D eigenvalue weighted by Gasteiger charge is 2.54. The molecule has 1 aromatic carbocycles. The zero-order valence-corrected chi connectivity index (χ0v) is 51.1. The normalized spacial score (nSPS) is 36.2. The van der Waals surface area contributed by atoms with Crippen LogP contribution < -0.4 is 10.4 Å². The fourth-order valence-electron chi connectivity index (χ4n) is 12.3. The molecule has 5 rings (SSSR count). The van der Waals surface area contributed by atoms with Crippen LogP contribution in [0.15, 0.2) is 29.2 Å². The molecular weight excluding hydrogens is 1040 g/mol. The van der Waals surface area contributed by atoms with E-state index in [-0.39, 0.29) is 68.1 Å². The van der Waals surface area contributed by atoms with Gasteiger partial charge in [0.25, 0.3) is 0 Å². The highest BCUT2D eigenvalue weighted by atomic mass is 16.7. The quantitative estimate of drug-likeness (QED) is 0.0970. The summed E-state index contributed by atoms with van der Waals surface area (Å²) in [7, 11) is 10.9. The third-order valence-electron chi connectivity index (χ3n) is 16.7. The number of hydrogen-bond donors (Lipinski definition) is 3. The van der Waals surface area contributed by atoms with E-state index < -0.39 is 108 Å². The maximum absolute atomic E-state index is 14.7. The molecule has 18 atom stereocenters. The molecule has 1 aromatic heterocycles. The summed E-state index contributed by atoms with van der Waals surface area (Å²) in [6.07, 6.45) is -5.35. The van der Waals surface area contributed by atoms with Gasteiger partial charge in [-0.25, -0.2) is 4.79 Å². The molecule has 0 amide bonds. The van der Waals surface area contributed by atoms with Gasteiger partial charge in [-0.1, -0.05) is 26.8 Å². The average molecular weight is 1140 g/mol. The number of nitrogens with zero attached hydrogens (tertiary/aromatic N) is 4. The lowest BCUT2D eigenvalue weighted by molar-refractivity contribution is -0.321. The van der Waals surface area contributed by atoms with Crippen molar-refractivity contribution in [1.29, 1.82) is 0 Å². The standard InChI is InChI=1S/C59H98N4O17/c1-19-46-59(12,70)51(66)38(7)62(17)32-34(3)30-57(10,69)52(80-56-50(77-40(9)64)45(60(13)14)28-35(4)75-56)36(5)49(37(6)54(67)78-46)79-47-31-58(11,71-18)53(39(8)76-47)74-27-26-72-25-21-22-41-23-24-44-42(29-41)48(65)43(55(68)73-20-2)33-63(44)61(15)16/h23-24,29,33-39,45-47,49-53,56,66,69-70H,19-22,25-28,30-32H2,1-18H3/t34-,35-,36+,37-,38-,39+,45+,46-,47+,49+,50-,51-,52-,53+,56+,57-,58-,59-/m1/s1. The summed E-state index contributed by atoms with van der Waals surface area (Å²) >= 11 is 0. The van der Waals surface area contributed by atoms with Gasteiger partial charge in [0, 0.05) is 71.2 Å². The van der Waals surface area contributed by atoms with Crippen LogP contribution >= 0.6 is 0 Å². The third kappa shape index (κ3) is 16.1. The molecule has 0 unspecified atom stereocenters. The second-order valence-corrected chi connectivity index (χ2v) is 23.9. The lowest BCUT2D eigenvalue weighted by Gasteiger charge is -2.49. The monoisotopic (exact) mass is 1130 g/mol. The third-order valence-corrected chi connectivity index (χ3v) is 16.7. The first-order chi connectivity index (χ1) is 37.4. The van der Waals surface area contributed by atoms with Crippen molar-refractivity contribution < 1.29 is 77.1 Å². The maximum atomic E-state index is 14.7. The molecule has 21 nitrogen and oxygen atoms in total. The first kappa shape index (κ1) is 67.0. The number of likely N-dealkylation sites (N-methyl/N-ethyl adjacent to an activating group) is 2. The van der Waals surface area contributed by atoms with Gasteiger partial charge >= 0.3 is 17.9 Å². The minimum Gasteiger partial charge on any atom is -0.462 e. The predicted octanol–water partition coefficient (Wildman–Crippen LogP) is 4.83. The molecule has 3 saturated heterocycles. The van der Waals surface area contributed by atoms with Gasteiger partial charge in [-0.15, -0.1) is 0 Å².